The quantitative estimate of drug-likeness (QED) is 0.399. The monoisotopic (exact) mass is 212 g/mol. The molecule has 15 heavy (non-hydrogen) atoms. The second-order valence-corrected chi connectivity index (χ2v) is 3.87. The van der Waals surface area contributed by atoms with E-state index in [0.29, 0.717) is 6.42 Å². The van der Waals surface area contributed by atoms with Crippen molar-refractivity contribution in [3.8, 4) is 0 Å². The lowest BCUT2D eigenvalue weighted by atomic mass is 9.79. The van der Waals surface area contributed by atoms with Gasteiger partial charge in [-0.3, -0.25) is 9.59 Å². The number of ether oxygens (including phenoxy) is 1. The van der Waals surface area contributed by atoms with Crippen LogP contribution < -0.4 is 0 Å². The smallest absolute Gasteiger partial charge is 0.375 e. The summed E-state index contributed by atoms with van der Waals surface area (Å²) in [5.41, 5.74) is 0. The van der Waals surface area contributed by atoms with Crippen LogP contribution in [0.25, 0.3) is 0 Å². The lowest BCUT2D eigenvalue weighted by molar-refractivity contribution is -0.157. The molecule has 0 heterocycles. The molecule has 4 heteroatoms. The van der Waals surface area contributed by atoms with E-state index >= 15 is 0 Å². The molecule has 0 N–H and O–H groups in total. The van der Waals surface area contributed by atoms with Gasteiger partial charge in [0, 0.05) is 5.92 Å². The zero-order valence-corrected chi connectivity index (χ0v) is 9.12. The summed E-state index contributed by atoms with van der Waals surface area (Å²) < 4.78 is 4.60. The Kier molecular flexibility index (Phi) is 4.00. The maximum absolute atomic E-state index is 11.6. The first kappa shape index (κ1) is 11.9. The van der Waals surface area contributed by atoms with Crippen molar-refractivity contribution in [3.63, 3.8) is 0 Å². The third kappa shape index (κ3) is 2.64. The summed E-state index contributed by atoms with van der Waals surface area (Å²) in [6, 6.07) is 0. The molecule has 0 unspecified atom stereocenters. The highest BCUT2D eigenvalue weighted by atomic mass is 16.5. The van der Waals surface area contributed by atoms with Gasteiger partial charge >= 0.3 is 5.97 Å². The molecule has 4 nitrogen and oxygen atoms in total. The summed E-state index contributed by atoms with van der Waals surface area (Å²) in [6.07, 6.45) is 2.12. The van der Waals surface area contributed by atoms with Crippen LogP contribution in [0, 0.1) is 11.8 Å². The van der Waals surface area contributed by atoms with Crippen LogP contribution in [0.4, 0.5) is 0 Å². The van der Waals surface area contributed by atoms with Crippen molar-refractivity contribution in [2.75, 3.05) is 6.61 Å². The van der Waals surface area contributed by atoms with Crippen LogP contribution in [-0.4, -0.2) is 24.1 Å². The van der Waals surface area contributed by atoms with Gasteiger partial charge in [0.25, 0.3) is 0 Å². The average molecular weight is 212 g/mol. The van der Waals surface area contributed by atoms with E-state index in [-0.39, 0.29) is 18.3 Å². The second kappa shape index (κ2) is 5.05. The van der Waals surface area contributed by atoms with Crippen LogP contribution in [0.2, 0.25) is 0 Å². The van der Waals surface area contributed by atoms with Gasteiger partial charge in [-0.05, 0) is 19.8 Å². The Bertz CT molecular complexity index is 282. The van der Waals surface area contributed by atoms with Gasteiger partial charge in [-0.25, -0.2) is 4.79 Å². The summed E-state index contributed by atoms with van der Waals surface area (Å²) in [5.74, 6) is -2.52. The zero-order valence-electron chi connectivity index (χ0n) is 9.12. The van der Waals surface area contributed by atoms with Crippen LogP contribution >= 0.6 is 0 Å². The van der Waals surface area contributed by atoms with Gasteiger partial charge in [0.05, 0.1) is 12.5 Å². The minimum Gasteiger partial charge on any atom is -0.460 e. The Morgan fingerprint density at radius 2 is 2.07 bits per heavy atom. The van der Waals surface area contributed by atoms with E-state index in [4.69, 9.17) is 0 Å². The number of esters is 1. The van der Waals surface area contributed by atoms with Crippen LogP contribution in [-0.2, 0) is 19.1 Å². The van der Waals surface area contributed by atoms with Crippen molar-refractivity contribution in [3.05, 3.63) is 0 Å². The predicted octanol–water partition coefficient (Wildman–Crippen LogP) is 1.12. The molecule has 0 aliphatic heterocycles. The Labute approximate surface area is 89.0 Å². The van der Waals surface area contributed by atoms with Crippen molar-refractivity contribution in [2.45, 2.75) is 33.1 Å². The topological polar surface area (TPSA) is 60.4 Å². The largest absolute Gasteiger partial charge is 0.460 e. The van der Waals surface area contributed by atoms with Gasteiger partial charge in [-0.2, -0.15) is 0 Å². The van der Waals surface area contributed by atoms with Gasteiger partial charge in [0.2, 0.25) is 5.78 Å². The van der Waals surface area contributed by atoms with Crippen molar-refractivity contribution >= 4 is 17.5 Å². The molecule has 0 bridgehead atoms. The van der Waals surface area contributed by atoms with E-state index in [1.807, 2.05) is 0 Å². The molecule has 84 valence electrons. The van der Waals surface area contributed by atoms with E-state index in [1.54, 1.807) is 13.8 Å². The van der Waals surface area contributed by atoms with Crippen molar-refractivity contribution in [1.82, 2.24) is 0 Å². The molecular weight excluding hydrogens is 196 g/mol. The Hall–Kier alpha value is -1.19. The number of Topliss-reactive ketones (excluding diaryl/α,β-unsaturated/α-hetero) is 2. The first-order chi connectivity index (χ1) is 7.07. The number of carbonyl (C=O) groups is 3. The van der Waals surface area contributed by atoms with Gasteiger partial charge in [0.1, 0.15) is 5.78 Å². The molecule has 0 spiro atoms. The minimum absolute atomic E-state index is 0.109. The average Bonchev–Trinajstić information content (AvgIpc) is 2.21. The number of rotatable bonds is 3. The highest BCUT2D eigenvalue weighted by Crippen LogP contribution is 2.26. The third-order valence-electron chi connectivity index (χ3n) is 2.75. The molecule has 0 radical (unpaired) electrons. The molecule has 1 rings (SSSR count). The molecule has 1 saturated carbocycles. The summed E-state index contributed by atoms with van der Waals surface area (Å²) in [5, 5.41) is 0. The van der Waals surface area contributed by atoms with Crippen LogP contribution in [0.15, 0.2) is 0 Å². The molecule has 0 saturated heterocycles. The summed E-state index contributed by atoms with van der Waals surface area (Å²) >= 11 is 0. The highest BCUT2D eigenvalue weighted by molar-refractivity contribution is 6.38. The molecule has 0 aromatic rings. The predicted molar refractivity (Wildman–Crippen MR) is 53.2 cm³/mol. The third-order valence-corrected chi connectivity index (χ3v) is 2.75. The van der Waals surface area contributed by atoms with E-state index < -0.39 is 17.7 Å². The zero-order chi connectivity index (χ0) is 11.4. The fourth-order valence-electron chi connectivity index (χ4n) is 1.86. The van der Waals surface area contributed by atoms with Crippen molar-refractivity contribution in [2.24, 2.45) is 11.8 Å². The molecule has 1 aliphatic rings. The standard InChI is InChI=1S/C11H16O4/c1-3-15-11(14)10(13)8-6-4-5-7(2)9(8)12/h7-8H,3-6H2,1-2H3/t7-,8+/m0/s1. The SMILES string of the molecule is CCOC(=O)C(=O)[C@@H]1CCC[C@H](C)C1=O. The fraction of sp³-hybridized carbons (Fsp3) is 0.727. The molecule has 1 fully saturated rings. The molecule has 1 aliphatic carbocycles. The normalized spacial score (nSPS) is 26.1. The molecule has 0 aromatic carbocycles. The highest BCUT2D eigenvalue weighted by Gasteiger charge is 2.37. The Morgan fingerprint density at radius 1 is 1.40 bits per heavy atom. The fourth-order valence-corrected chi connectivity index (χ4v) is 1.86. The van der Waals surface area contributed by atoms with Crippen molar-refractivity contribution in [1.29, 1.82) is 0 Å². The molecule has 2 atom stereocenters. The van der Waals surface area contributed by atoms with Crippen LogP contribution in [0.5, 0.6) is 0 Å². The first-order valence-electron chi connectivity index (χ1n) is 5.32. The first-order valence-corrected chi connectivity index (χ1v) is 5.32. The van der Waals surface area contributed by atoms with E-state index in [1.165, 1.54) is 0 Å². The van der Waals surface area contributed by atoms with E-state index in [2.05, 4.69) is 4.74 Å². The van der Waals surface area contributed by atoms with Gasteiger partial charge in [-0.15, -0.1) is 0 Å². The summed E-state index contributed by atoms with van der Waals surface area (Å²) in [4.78, 5) is 34.4. The molecule has 0 amide bonds. The summed E-state index contributed by atoms with van der Waals surface area (Å²) in [6.45, 7) is 3.60. The Balaban J connectivity index is 2.66. The van der Waals surface area contributed by atoms with Crippen LogP contribution in [0.1, 0.15) is 33.1 Å². The maximum atomic E-state index is 11.6. The van der Waals surface area contributed by atoms with Gasteiger partial charge in [0.15, 0.2) is 0 Å². The lowest BCUT2D eigenvalue weighted by Crippen LogP contribution is -2.37. The lowest BCUT2D eigenvalue weighted by Gasteiger charge is -2.23. The summed E-state index contributed by atoms with van der Waals surface area (Å²) in [7, 11) is 0. The van der Waals surface area contributed by atoms with Crippen LogP contribution in [0.3, 0.4) is 0 Å². The second-order valence-electron chi connectivity index (χ2n) is 3.87. The number of hydrogen-bond acceptors (Lipinski definition) is 4. The Morgan fingerprint density at radius 3 is 2.67 bits per heavy atom. The molecular formula is C11H16O4. The number of carbonyl (C=O) groups excluding carboxylic acids is 3. The maximum Gasteiger partial charge on any atom is 0.375 e. The van der Waals surface area contributed by atoms with Gasteiger partial charge in [-0.1, -0.05) is 13.3 Å². The van der Waals surface area contributed by atoms with E-state index in [0.717, 1.165) is 12.8 Å². The molecule has 0 aromatic heterocycles. The minimum atomic E-state index is -0.870. The van der Waals surface area contributed by atoms with Gasteiger partial charge < -0.3 is 4.74 Å². The number of hydrogen-bond donors (Lipinski definition) is 0. The van der Waals surface area contributed by atoms with E-state index in [9.17, 15) is 14.4 Å². The van der Waals surface area contributed by atoms with Crippen molar-refractivity contribution < 1.29 is 19.1 Å². The number of ketones is 2.